The first-order valence-corrected chi connectivity index (χ1v) is 7.79. The Hall–Kier alpha value is -2.68. The van der Waals surface area contributed by atoms with Crippen molar-refractivity contribution in [3.8, 4) is 11.3 Å². The third-order valence-electron chi connectivity index (χ3n) is 4.40. The molecule has 0 fully saturated rings. The minimum absolute atomic E-state index is 0.900. The molecule has 0 saturated carbocycles. The van der Waals surface area contributed by atoms with Crippen molar-refractivity contribution in [1.82, 2.24) is 4.98 Å². The highest BCUT2D eigenvalue weighted by molar-refractivity contribution is 6.06. The lowest BCUT2D eigenvalue weighted by Crippen LogP contribution is -2.31. The Morgan fingerprint density at radius 1 is 0.957 bits per heavy atom. The van der Waals surface area contributed by atoms with Crippen molar-refractivity contribution in [2.75, 3.05) is 0 Å². The number of aromatic nitrogens is 2. The summed E-state index contributed by atoms with van der Waals surface area (Å²) in [5.74, 6) is 0. The number of aryl methyl sites for hydroxylation is 4. The SMILES string of the molecule is Cc1ccc(-c2cc3c(cc2C)oc2cc(C)ncc23)[n+](C)c1. The van der Waals surface area contributed by atoms with E-state index in [1.165, 1.54) is 22.4 Å². The largest absolute Gasteiger partial charge is 0.456 e. The zero-order chi connectivity index (χ0) is 16.1. The maximum absolute atomic E-state index is 6.01. The van der Waals surface area contributed by atoms with Crippen molar-refractivity contribution < 1.29 is 8.98 Å². The van der Waals surface area contributed by atoms with Crippen LogP contribution in [0.4, 0.5) is 0 Å². The number of furan rings is 1. The summed E-state index contributed by atoms with van der Waals surface area (Å²) < 4.78 is 8.18. The number of benzene rings is 1. The molecule has 0 unspecified atom stereocenters. The van der Waals surface area contributed by atoms with Gasteiger partial charge in [0.15, 0.2) is 6.20 Å². The molecule has 0 spiro atoms. The molecule has 0 saturated heterocycles. The fourth-order valence-electron chi connectivity index (χ4n) is 3.22. The van der Waals surface area contributed by atoms with Gasteiger partial charge in [-0.3, -0.25) is 4.98 Å². The van der Waals surface area contributed by atoms with Gasteiger partial charge in [-0.1, -0.05) is 0 Å². The molecule has 3 heterocycles. The van der Waals surface area contributed by atoms with E-state index in [0.717, 1.165) is 27.6 Å². The van der Waals surface area contributed by atoms with E-state index in [2.05, 4.69) is 60.9 Å². The molecule has 3 aromatic heterocycles. The average Bonchev–Trinajstić information content (AvgIpc) is 2.83. The van der Waals surface area contributed by atoms with Gasteiger partial charge >= 0.3 is 0 Å². The minimum atomic E-state index is 0.900. The zero-order valence-electron chi connectivity index (χ0n) is 13.8. The summed E-state index contributed by atoms with van der Waals surface area (Å²) in [4.78, 5) is 4.42. The monoisotopic (exact) mass is 303 g/mol. The smallest absolute Gasteiger partial charge is 0.212 e. The molecule has 3 heteroatoms. The van der Waals surface area contributed by atoms with Gasteiger partial charge in [-0.2, -0.15) is 0 Å². The van der Waals surface area contributed by atoms with E-state index in [0.29, 0.717) is 0 Å². The standard InChI is InChI=1S/C20H19N2O/c1-12-5-6-18(22(4)11-12)15-9-16-17-10-21-14(3)8-20(17)23-19(16)7-13(15)2/h5-11H,1-4H3/q+1. The molecule has 4 aromatic rings. The van der Waals surface area contributed by atoms with Gasteiger partial charge in [-0.15, -0.1) is 0 Å². The van der Waals surface area contributed by atoms with Gasteiger partial charge in [0.05, 0.1) is 0 Å². The van der Waals surface area contributed by atoms with Gasteiger partial charge in [0, 0.05) is 45.9 Å². The van der Waals surface area contributed by atoms with Crippen molar-refractivity contribution in [1.29, 1.82) is 0 Å². The van der Waals surface area contributed by atoms with E-state index in [9.17, 15) is 0 Å². The average molecular weight is 303 g/mol. The Morgan fingerprint density at radius 2 is 1.74 bits per heavy atom. The second-order valence-electron chi connectivity index (χ2n) is 6.29. The summed E-state index contributed by atoms with van der Waals surface area (Å²) in [5.41, 5.74) is 7.68. The van der Waals surface area contributed by atoms with E-state index in [-0.39, 0.29) is 0 Å². The van der Waals surface area contributed by atoms with E-state index >= 15 is 0 Å². The summed E-state index contributed by atoms with van der Waals surface area (Å²) in [6, 6.07) is 10.7. The Morgan fingerprint density at radius 3 is 2.52 bits per heavy atom. The molecule has 0 atom stereocenters. The molecule has 3 nitrogen and oxygen atoms in total. The molecule has 4 rings (SSSR count). The molecule has 0 bridgehead atoms. The van der Waals surface area contributed by atoms with Crippen molar-refractivity contribution in [2.24, 2.45) is 7.05 Å². The summed E-state index contributed by atoms with van der Waals surface area (Å²) in [6.07, 6.45) is 4.06. The number of rotatable bonds is 1. The number of hydrogen-bond donors (Lipinski definition) is 0. The Bertz CT molecular complexity index is 1060. The van der Waals surface area contributed by atoms with Crippen LogP contribution in [0.15, 0.2) is 47.1 Å². The quantitative estimate of drug-likeness (QED) is 0.488. The number of pyridine rings is 2. The second-order valence-corrected chi connectivity index (χ2v) is 6.29. The van der Waals surface area contributed by atoms with Crippen LogP contribution >= 0.6 is 0 Å². The van der Waals surface area contributed by atoms with Crippen LogP contribution in [-0.2, 0) is 7.05 Å². The molecular formula is C20H19N2O+. The van der Waals surface area contributed by atoms with Gasteiger partial charge in [0.2, 0.25) is 5.69 Å². The molecule has 0 aliphatic heterocycles. The van der Waals surface area contributed by atoms with E-state index in [1.54, 1.807) is 0 Å². The normalized spacial score (nSPS) is 11.5. The van der Waals surface area contributed by atoms with Crippen LogP contribution in [0.2, 0.25) is 0 Å². The van der Waals surface area contributed by atoms with Crippen molar-refractivity contribution >= 4 is 21.9 Å². The van der Waals surface area contributed by atoms with Crippen molar-refractivity contribution in [3.63, 3.8) is 0 Å². The van der Waals surface area contributed by atoms with Crippen LogP contribution in [0, 0.1) is 20.8 Å². The second kappa shape index (κ2) is 4.92. The Balaban J connectivity index is 2.04. The summed E-state index contributed by atoms with van der Waals surface area (Å²) in [5, 5.41) is 2.19. The molecule has 0 radical (unpaired) electrons. The van der Waals surface area contributed by atoms with Gasteiger partial charge < -0.3 is 4.42 Å². The van der Waals surface area contributed by atoms with Gasteiger partial charge in [-0.25, -0.2) is 4.57 Å². The van der Waals surface area contributed by atoms with Crippen LogP contribution in [0.25, 0.3) is 33.2 Å². The first kappa shape index (κ1) is 13.9. The molecule has 0 aliphatic rings. The van der Waals surface area contributed by atoms with E-state index in [4.69, 9.17) is 4.42 Å². The summed E-state index contributed by atoms with van der Waals surface area (Å²) >= 11 is 0. The summed E-state index contributed by atoms with van der Waals surface area (Å²) in [6.45, 7) is 6.22. The maximum atomic E-state index is 6.01. The van der Waals surface area contributed by atoms with Crippen LogP contribution in [0.5, 0.6) is 0 Å². The van der Waals surface area contributed by atoms with Crippen LogP contribution in [0.3, 0.4) is 0 Å². The highest BCUT2D eigenvalue weighted by Gasteiger charge is 2.16. The molecule has 114 valence electrons. The zero-order valence-corrected chi connectivity index (χ0v) is 13.8. The Kier molecular flexibility index (Phi) is 2.98. The van der Waals surface area contributed by atoms with Gasteiger partial charge in [0.1, 0.15) is 18.2 Å². The molecule has 0 aliphatic carbocycles. The molecular weight excluding hydrogens is 284 g/mol. The Labute approximate surface area is 135 Å². The topological polar surface area (TPSA) is 29.9 Å². The van der Waals surface area contributed by atoms with E-state index < -0.39 is 0 Å². The predicted molar refractivity (Wildman–Crippen MR) is 92.3 cm³/mol. The first-order chi connectivity index (χ1) is 11.0. The fourth-order valence-corrected chi connectivity index (χ4v) is 3.22. The third-order valence-corrected chi connectivity index (χ3v) is 4.40. The van der Waals surface area contributed by atoms with Gasteiger partial charge in [0.25, 0.3) is 0 Å². The lowest BCUT2D eigenvalue weighted by atomic mass is 10.0. The highest BCUT2D eigenvalue weighted by atomic mass is 16.3. The lowest BCUT2D eigenvalue weighted by Gasteiger charge is -2.05. The number of nitrogens with zero attached hydrogens (tertiary/aromatic N) is 2. The van der Waals surface area contributed by atoms with Crippen LogP contribution < -0.4 is 4.57 Å². The minimum Gasteiger partial charge on any atom is -0.456 e. The van der Waals surface area contributed by atoms with E-state index in [1.807, 2.05) is 19.2 Å². The first-order valence-electron chi connectivity index (χ1n) is 7.79. The molecule has 0 amide bonds. The maximum Gasteiger partial charge on any atom is 0.212 e. The van der Waals surface area contributed by atoms with Crippen molar-refractivity contribution in [3.05, 3.63) is 59.5 Å². The van der Waals surface area contributed by atoms with Gasteiger partial charge in [-0.05, 0) is 44.5 Å². The highest BCUT2D eigenvalue weighted by Crippen LogP contribution is 2.33. The third kappa shape index (κ3) is 2.20. The number of fused-ring (bicyclic) bond motifs is 3. The van der Waals surface area contributed by atoms with Crippen LogP contribution in [-0.4, -0.2) is 4.98 Å². The fraction of sp³-hybridized carbons (Fsp3) is 0.200. The lowest BCUT2D eigenvalue weighted by molar-refractivity contribution is -0.660. The molecule has 0 N–H and O–H groups in total. The molecule has 1 aromatic carbocycles. The van der Waals surface area contributed by atoms with Crippen molar-refractivity contribution in [2.45, 2.75) is 20.8 Å². The molecule has 23 heavy (non-hydrogen) atoms. The van der Waals surface area contributed by atoms with Crippen LogP contribution in [0.1, 0.15) is 16.8 Å². The predicted octanol–water partition coefficient (Wildman–Crippen LogP) is 4.40. The number of hydrogen-bond acceptors (Lipinski definition) is 2. The summed E-state index contributed by atoms with van der Waals surface area (Å²) in [7, 11) is 2.09.